The van der Waals surface area contributed by atoms with Crippen molar-refractivity contribution in [3.8, 4) is 11.1 Å². The van der Waals surface area contributed by atoms with Crippen molar-refractivity contribution in [2.45, 2.75) is 27.6 Å². The number of carbonyl (C=O) groups is 1. The minimum atomic E-state index is -4.41. The van der Waals surface area contributed by atoms with Crippen LogP contribution in [-0.2, 0) is 16.6 Å². The van der Waals surface area contributed by atoms with Crippen LogP contribution in [0.15, 0.2) is 131 Å². The number of thioether (sulfide) groups is 1. The van der Waals surface area contributed by atoms with E-state index >= 15 is 0 Å². The molecule has 0 aromatic heterocycles. The van der Waals surface area contributed by atoms with Crippen LogP contribution in [0, 0.1) is 10.1 Å². The Kier molecular flexibility index (Phi) is 11.5. The number of rotatable bonds is 12. The highest BCUT2D eigenvalue weighted by Gasteiger charge is 2.31. The molecule has 0 aliphatic carbocycles. The zero-order chi connectivity index (χ0) is 37.7. The molecule has 3 N–H and O–H groups in total. The van der Waals surface area contributed by atoms with Crippen LogP contribution in [0.3, 0.4) is 0 Å². The van der Waals surface area contributed by atoms with Crippen molar-refractivity contribution in [3.63, 3.8) is 0 Å². The normalized spacial score (nSPS) is 17.6. The zero-order valence-electron chi connectivity index (χ0n) is 29.2. The summed E-state index contributed by atoms with van der Waals surface area (Å²) < 4.78 is 28.7. The first kappa shape index (κ1) is 37.4. The van der Waals surface area contributed by atoms with E-state index < -0.39 is 26.5 Å². The minimum Gasteiger partial charge on any atom is -0.374 e. The molecule has 0 radical (unpaired) electrons. The topological polar surface area (TPSA) is 137 Å². The van der Waals surface area contributed by atoms with E-state index in [0.29, 0.717) is 18.1 Å². The lowest BCUT2D eigenvalue weighted by Gasteiger charge is -2.36. The molecule has 2 saturated heterocycles. The Balaban J connectivity index is 0.952. The zero-order valence-corrected chi connectivity index (χ0v) is 31.6. The van der Waals surface area contributed by atoms with Gasteiger partial charge < -0.3 is 15.5 Å². The van der Waals surface area contributed by atoms with E-state index in [2.05, 4.69) is 43.4 Å². The molecule has 0 spiro atoms. The number of nitrogens with one attached hydrogen (secondary N) is 3. The summed E-state index contributed by atoms with van der Waals surface area (Å²) in [7, 11) is -4.41. The molecule has 0 unspecified atom stereocenters. The summed E-state index contributed by atoms with van der Waals surface area (Å²) in [6, 6.07) is 36.4. The second-order valence-corrected chi connectivity index (χ2v) is 16.7. The molecule has 0 saturated carbocycles. The summed E-state index contributed by atoms with van der Waals surface area (Å²) in [4.78, 5) is 29.9. The monoisotopic (exact) mass is 782 g/mol. The number of nitro benzene ring substituents is 1. The summed E-state index contributed by atoms with van der Waals surface area (Å²) >= 11 is 7.78. The number of hydrogen-bond acceptors (Lipinski definition) is 10. The minimum absolute atomic E-state index is 0.0974. The van der Waals surface area contributed by atoms with E-state index in [1.165, 1.54) is 23.3 Å². The Morgan fingerprint density at radius 3 is 2.30 bits per heavy atom. The molecule has 2 aliphatic rings. The van der Waals surface area contributed by atoms with Crippen LogP contribution in [0.1, 0.15) is 15.9 Å². The van der Waals surface area contributed by atoms with Gasteiger partial charge in [-0.05, 0) is 77.4 Å². The number of piperazine rings is 1. The van der Waals surface area contributed by atoms with E-state index in [1.54, 1.807) is 36.0 Å². The smallest absolute Gasteiger partial charge is 0.293 e. The Bertz CT molecular complexity index is 2220. The lowest BCUT2D eigenvalue weighted by molar-refractivity contribution is -0.384. The van der Waals surface area contributed by atoms with Gasteiger partial charge in [-0.15, -0.1) is 11.8 Å². The fourth-order valence-electron chi connectivity index (χ4n) is 6.79. The third kappa shape index (κ3) is 8.88. The first-order valence-corrected chi connectivity index (χ1v) is 20.3. The third-order valence-electron chi connectivity index (χ3n) is 9.67. The largest absolute Gasteiger partial charge is 0.374 e. The Hall–Kier alpha value is -4.92. The molecule has 2 fully saturated rings. The number of amides is 1. The van der Waals surface area contributed by atoms with Crippen molar-refractivity contribution >= 4 is 56.4 Å². The second-order valence-electron chi connectivity index (χ2n) is 13.2. The summed E-state index contributed by atoms with van der Waals surface area (Å²) in [6.45, 7) is 5.39. The van der Waals surface area contributed by atoms with Gasteiger partial charge in [-0.1, -0.05) is 66.2 Å². The Labute approximate surface area is 323 Å². The van der Waals surface area contributed by atoms with Gasteiger partial charge in [-0.3, -0.25) is 19.8 Å². The molecule has 0 bridgehead atoms. The summed E-state index contributed by atoms with van der Waals surface area (Å²) in [5, 5.41) is 19.5. The molecule has 7 rings (SSSR count). The van der Waals surface area contributed by atoms with Gasteiger partial charge in [0.25, 0.3) is 21.6 Å². The molecule has 5 aromatic carbocycles. The number of sulfonamides is 1. The highest BCUT2D eigenvalue weighted by atomic mass is 35.5. The number of halogens is 1. The predicted octanol–water partition coefficient (Wildman–Crippen LogP) is 6.90. The molecule has 1 amide bonds. The Morgan fingerprint density at radius 1 is 0.870 bits per heavy atom. The van der Waals surface area contributed by atoms with Crippen molar-refractivity contribution in [2.24, 2.45) is 0 Å². The Morgan fingerprint density at radius 2 is 1.57 bits per heavy atom. The predicted molar refractivity (Wildman–Crippen MR) is 215 cm³/mol. The summed E-state index contributed by atoms with van der Waals surface area (Å²) in [5.74, 6) is -0.826. The molecule has 5 aromatic rings. The van der Waals surface area contributed by atoms with Gasteiger partial charge in [0.1, 0.15) is 5.69 Å². The molecule has 14 heteroatoms. The van der Waals surface area contributed by atoms with Crippen molar-refractivity contribution in [3.05, 3.63) is 148 Å². The van der Waals surface area contributed by atoms with Gasteiger partial charge >= 0.3 is 0 Å². The molecule has 11 nitrogen and oxygen atoms in total. The van der Waals surface area contributed by atoms with Crippen LogP contribution >= 0.6 is 23.4 Å². The van der Waals surface area contributed by atoms with Gasteiger partial charge in [-0.25, -0.2) is 13.1 Å². The number of anilines is 2. The first-order valence-electron chi connectivity index (χ1n) is 17.6. The number of nitrogens with zero attached hydrogens (tertiary/aromatic N) is 3. The van der Waals surface area contributed by atoms with Crippen LogP contribution in [0.25, 0.3) is 11.1 Å². The van der Waals surface area contributed by atoms with E-state index in [4.69, 9.17) is 11.6 Å². The first-order chi connectivity index (χ1) is 26.1. The standard InChI is InChI=1S/C40H39ClN6O5S2/c41-31-14-10-28(11-15-31)35-9-5-4-6-30(35)27-45-20-22-46(23-21-45)32-16-12-29(13-17-32)40(48)44-54(51,52)34-18-19-36(38(24-34)47(49)50)43-37-25-42-26-39(37)53-33-7-2-1-3-8-33/h1-19,24,37,39,42-43H,20-23,25-27H2,(H,44,48)/t37-,39+/m1/s1. The second kappa shape index (κ2) is 16.6. The van der Waals surface area contributed by atoms with Gasteiger partial charge in [0.05, 0.1) is 15.9 Å². The molecule has 2 aliphatic heterocycles. The van der Waals surface area contributed by atoms with Gasteiger partial charge in [0.2, 0.25) is 0 Å². The SMILES string of the molecule is O=C(NS(=O)(=O)c1ccc(N[C@@H]2CNC[C@@H]2Sc2ccccc2)c([N+](=O)[O-])c1)c1ccc(N2CCN(Cc3ccccc3-c3ccc(Cl)cc3)CC2)cc1. The summed E-state index contributed by atoms with van der Waals surface area (Å²) in [6.07, 6.45) is 0. The fraction of sp³-hybridized carbons (Fsp3) is 0.225. The number of nitro groups is 1. The van der Waals surface area contributed by atoms with Gasteiger partial charge in [0, 0.05) is 78.3 Å². The van der Waals surface area contributed by atoms with Crippen LogP contribution < -0.4 is 20.3 Å². The number of benzene rings is 5. The molecule has 2 heterocycles. The highest BCUT2D eigenvalue weighted by Crippen LogP contribution is 2.33. The van der Waals surface area contributed by atoms with Gasteiger partial charge in [-0.2, -0.15) is 0 Å². The van der Waals surface area contributed by atoms with E-state index in [9.17, 15) is 23.3 Å². The van der Waals surface area contributed by atoms with E-state index in [0.717, 1.165) is 54.9 Å². The van der Waals surface area contributed by atoms with Crippen molar-refractivity contribution in [1.29, 1.82) is 0 Å². The summed E-state index contributed by atoms with van der Waals surface area (Å²) in [5.41, 5.74) is 4.45. The van der Waals surface area contributed by atoms with E-state index in [-0.39, 0.29) is 27.4 Å². The van der Waals surface area contributed by atoms with Crippen molar-refractivity contribution < 1.29 is 18.1 Å². The number of hydrogen-bond donors (Lipinski definition) is 3. The lowest BCUT2D eigenvalue weighted by atomic mass is 9.99. The van der Waals surface area contributed by atoms with Crippen LogP contribution in [0.4, 0.5) is 17.1 Å². The van der Waals surface area contributed by atoms with Gasteiger partial charge in [0.15, 0.2) is 0 Å². The van der Waals surface area contributed by atoms with Crippen molar-refractivity contribution in [1.82, 2.24) is 14.9 Å². The molecule has 2 atom stereocenters. The van der Waals surface area contributed by atoms with Crippen LogP contribution in [0.5, 0.6) is 0 Å². The average molecular weight is 783 g/mol. The molecule has 278 valence electrons. The van der Waals surface area contributed by atoms with Crippen LogP contribution in [-0.4, -0.2) is 74.7 Å². The quantitative estimate of drug-likeness (QED) is 0.0906. The average Bonchev–Trinajstić information content (AvgIpc) is 3.62. The molecular formula is C40H39ClN6O5S2. The molecular weight excluding hydrogens is 744 g/mol. The van der Waals surface area contributed by atoms with Crippen molar-refractivity contribution in [2.75, 3.05) is 49.5 Å². The van der Waals surface area contributed by atoms with E-state index in [1.807, 2.05) is 60.7 Å². The maximum absolute atomic E-state index is 13.3. The highest BCUT2D eigenvalue weighted by molar-refractivity contribution is 8.00. The maximum atomic E-state index is 13.3. The third-order valence-corrected chi connectivity index (χ3v) is 12.6. The number of carbonyl (C=O) groups excluding carboxylic acids is 1. The fourth-order valence-corrected chi connectivity index (χ4v) is 9.10. The maximum Gasteiger partial charge on any atom is 0.293 e. The lowest BCUT2D eigenvalue weighted by Crippen LogP contribution is -2.46. The molecule has 54 heavy (non-hydrogen) atoms. The van der Waals surface area contributed by atoms with Crippen LogP contribution in [0.2, 0.25) is 5.02 Å².